The quantitative estimate of drug-likeness (QED) is 0.533. The summed E-state index contributed by atoms with van der Waals surface area (Å²) >= 11 is 6.19. The van der Waals surface area contributed by atoms with E-state index in [9.17, 15) is 9.90 Å². The van der Waals surface area contributed by atoms with Gasteiger partial charge in [-0.3, -0.25) is 4.79 Å². The zero-order valence-corrected chi connectivity index (χ0v) is 17.0. The molecular weight excluding hydrogens is 386 g/mol. The third-order valence-corrected chi connectivity index (χ3v) is 4.96. The van der Waals surface area contributed by atoms with E-state index in [0.717, 1.165) is 23.1 Å². The van der Waals surface area contributed by atoms with Crippen LogP contribution in [0.4, 0.5) is 5.69 Å². The molecule has 149 valence electrons. The lowest BCUT2D eigenvalue weighted by Gasteiger charge is -2.12. The molecule has 0 fully saturated rings. The fourth-order valence-electron chi connectivity index (χ4n) is 3.08. The zero-order valence-electron chi connectivity index (χ0n) is 16.2. The molecule has 0 heterocycles. The normalized spacial score (nSPS) is 10.6. The number of aliphatic hydroxyl groups is 1. The predicted octanol–water partition coefficient (Wildman–Crippen LogP) is 5.27. The van der Waals surface area contributed by atoms with Crippen LogP contribution in [0.25, 0.3) is 11.1 Å². The highest BCUT2D eigenvalue weighted by atomic mass is 35.5. The van der Waals surface area contributed by atoms with Gasteiger partial charge in [-0.15, -0.1) is 0 Å². The number of rotatable bonds is 8. The minimum atomic E-state index is -0.183. The maximum atomic E-state index is 12.3. The number of carbonyl (C=O) groups is 1. The average Bonchev–Trinajstić information content (AvgIpc) is 2.76. The van der Waals surface area contributed by atoms with Crippen LogP contribution < -0.4 is 10.1 Å². The first kappa shape index (κ1) is 20.9. The SMILES string of the molecule is COc1cc(NC(=O)CCCc2c[c]c(-c3ccccc3)cc2)c(Cl)cc1CO. The van der Waals surface area contributed by atoms with E-state index in [4.69, 9.17) is 16.3 Å². The summed E-state index contributed by atoms with van der Waals surface area (Å²) in [4.78, 5) is 12.3. The maximum Gasteiger partial charge on any atom is 0.224 e. The van der Waals surface area contributed by atoms with Crippen molar-refractivity contribution in [1.29, 1.82) is 0 Å². The van der Waals surface area contributed by atoms with Crippen molar-refractivity contribution in [2.45, 2.75) is 25.9 Å². The van der Waals surface area contributed by atoms with Crippen LogP contribution in [0.3, 0.4) is 0 Å². The van der Waals surface area contributed by atoms with Crippen LogP contribution in [0.15, 0.2) is 60.7 Å². The number of halogens is 1. The van der Waals surface area contributed by atoms with Gasteiger partial charge in [0.25, 0.3) is 0 Å². The van der Waals surface area contributed by atoms with Crippen LogP contribution in [0, 0.1) is 6.07 Å². The molecule has 0 aliphatic carbocycles. The second-order valence-electron chi connectivity index (χ2n) is 6.68. The van der Waals surface area contributed by atoms with Crippen molar-refractivity contribution in [1.82, 2.24) is 0 Å². The zero-order chi connectivity index (χ0) is 20.6. The second kappa shape index (κ2) is 10.1. The molecule has 4 nitrogen and oxygen atoms in total. The fraction of sp³-hybridized carbons (Fsp3) is 0.208. The van der Waals surface area contributed by atoms with E-state index in [1.54, 1.807) is 12.1 Å². The van der Waals surface area contributed by atoms with Crippen molar-refractivity contribution in [2.75, 3.05) is 12.4 Å². The highest BCUT2D eigenvalue weighted by Crippen LogP contribution is 2.31. The molecule has 0 aliphatic rings. The number of aliphatic hydroxyl groups excluding tert-OH is 1. The van der Waals surface area contributed by atoms with Crippen molar-refractivity contribution in [2.24, 2.45) is 0 Å². The lowest BCUT2D eigenvalue weighted by molar-refractivity contribution is -0.116. The molecule has 3 aromatic carbocycles. The van der Waals surface area contributed by atoms with E-state index in [2.05, 4.69) is 35.6 Å². The van der Waals surface area contributed by atoms with Gasteiger partial charge in [0.05, 0.1) is 24.4 Å². The van der Waals surface area contributed by atoms with E-state index in [-0.39, 0.29) is 12.5 Å². The number of nitrogens with one attached hydrogen (secondary N) is 1. The fourth-order valence-corrected chi connectivity index (χ4v) is 3.31. The molecule has 0 spiro atoms. The highest BCUT2D eigenvalue weighted by molar-refractivity contribution is 6.33. The summed E-state index contributed by atoms with van der Waals surface area (Å²) < 4.78 is 5.22. The maximum absolute atomic E-state index is 12.3. The lowest BCUT2D eigenvalue weighted by Crippen LogP contribution is -2.12. The standard InChI is InChI=1S/C24H23ClNO3/c1-29-23-15-22(21(25)14-20(23)16-27)26-24(28)9-5-6-17-10-12-19(13-11-17)18-7-3-2-4-8-18/h2-4,7-8,10-12,14-15,27H,5-6,9,16H2,1H3,(H,26,28). The summed E-state index contributed by atoms with van der Waals surface area (Å²) in [5, 5.41) is 12.5. The molecule has 2 N–H and O–H groups in total. The van der Waals surface area contributed by atoms with E-state index in [1.807, 2.05) is 24.3 Å². The van der Waals surface area contributed by atoms with Gasteiger partial charge in [0.2, 0.25) is 5.91 Å². The van der Waals surface area contributed by atoms with Crippen molar-refractivity contribution >= 4 is 23.2 Å². The summed E-state index contributed by atoms with van der Waals surface area (Å²) in [6.07, 6.45) is 1.88. The van der Waals surface area contributed by atoms with Crippen molar-refractivity contribution in [3.05, 3.63) is 82.9 Å². The van der Waals surface area contributed by atoms with Crippen LogP contribution in [0.5, 0.6) is 5.75 Å². The van der Waals surface area contributed by atoms with Crippen LogP contribution in [0.1, 0.15) is 24.0 Å². The summed E-state index contributed by atoms with van der Waals surface area (Å²) in [5.74, 6) is 0.372. The average molecular weight is 409 g/mol. The van der Waals surface area contributed by atoms with Gasteiger partial charge in [-0.25, -0.2) is 0 Å². The Morgan fingerprint density at radius 1 is 1.17 bits per heavy atom. The molecule has 1 amide bonds. The molecule has 0 saturated carbocycles. The number of aryl methyl sites for hydroxylation is 1. The Labute approximate surface area is 176 Å². The molecule has 0 bridgehead atoms. The number of hydrogen-bond donors (Lipinski definition) is 2. The number of methoxy groups -OCH3 is 1. The highest BCUT2D eigenvalue weighted by Gasteiger charge is 2.11. The molecule has 29 heavy (non-hydrogen) atoms. The first-order valence-corrected chi connectivity index (χ1v) is 9.81. The van der Waals surface area contributed by atoms with Gasteiger partial charge < -0.3 is 15.2 Å². The molecular formula is C24H23ClNO3. The van der Waals surface area contributed by atoms with Gasteiger partial charge in [0.1, 0.15) is 5.75 Å². The Kier molecular flexibility index (Phi) is 7.28. The summed E-state index contributed by atoms with van der Waals surface area (Å²) in [5.41, 5.74) is 4.39. The van der Waals surface area contributed by atoms with Crippen molar-refractivity contribution in [3.63, 3.8) is 0 Å². The van der Waals surface area contributed by atoms with Crippen molar-refractivity contribution in [3.8, 4) is 16.9 Å². The van der Waals surface area contributed by atoms with E-state index in [1.165, 1.54) is 7.11 Å². The van der Waals surface area contributed by atoms with Gasteiger partial charge in [-0.2, -0.15) is 0 Å². The van der Waals surface area contributed by atoms with Crippen LogP contribution in [0.2, 0.25) is 5.02 Å². The third-order valence-electron chi connectivity index (χ3n) is 4.65. The van der Waals surface area contributed by atoms with Gasteiger partial charge in [-0.1, -0.05) is 60.1 Å². The Bertz CT molecular complexity index is 956. The number of anilines is 1. The predicted molar refractivity (Wildman–Crippen MR) is 116 cm³/mol. The summed E-state index contributed by atoms with van der Waals surface area (Å²) in [7, 11) is 1.51. The van der Waals surface area contributed by atoms with E-state index in [0.29, 0.717) is 34.9 Å². The Balaban J connectivity index is 1.52. The second-order valence-corrected chi connectivity index (χ2v) is 7.09. The number of carbonyl (C=O) groups excluding carboxylic acids is 1. The van der Waals surface area contributed by atoms with Crippen molar-refractivity contribution < 1.29 is 14.6 Å². The minimum absolute atomic E-state index is 0.115. The molecule has 0 atom stereocenters. The Hall–Kier alpha value is -2.82. The van der Waals surface area contributed by atoms with Gasteiger partial charge in [0.15, 0.2) is 0 Å². The van der Waals surface area contributed by atoms with E-state index >= 15 is 0 Å². The molecule has 1 radical (unpaired) electrons. The third kappa shape index (κ3) is 5.59. The summed E-state index contributed by atoms with van der Waals surface area (Å²) in [6.45, 7) is -0.183. The van der Waals surface area contributed by atoms with Crippen LogP contribution in [-0.2, 0) is 17.8 Å². The van der Waals surface area contributed by atoms with Crippen LogP contribution >= 0.6 is 11.6 Å². The smallest absolute Gasteiger partial charge is 0.224 e. The monoisotopic (exact) mass is 408 g/mol. The topological polar surface area (TPSA) is 58.6 Å². The minimum Gasteiger partial charge on any atom is -0.496 e. The van der Waals surface area contributed by atoms with Gasteiger partial charge in [-0.05, 0) is 41.7 Å². The molecule has 3 aromatic rings. The summed E-state index contributed by atoms with van der Waals surface area (Å²) in [6, 6.07) is 22.8. The number of ether oxygens (including phenoxy) is 1. The molecule has 3 rings (SSSR count). The molecule has 0 unspecified atom stereocenters. The largest absolute Gasteiger partial charge is 0.496 e. The van der Waals surface area contributed by atoms with E-state index < -0.39 is 0 Å². The first-order chi connectivity index (χ1) is 14.1. The lowest BCUT2D eigenvalue weighted by atomic mass is 10.0. The molecule has 0 aliphatic heterocycles. The number of benzene rings is 3. The van der Waals surface area contributed by atoms with Gasteiger partial charge in [0, 0.05) is 18.1 Å². The Morgan fingerprint density at radius 3 is 2.62 bits per heavy atom. The number of hydrogen-bond acceptors (Lipinski definition) is 3. The first-order valence-electron chi connectivity index (χ1n) is 9.44. The molecule has 5 heteroatoms. The van der Waals surface area contributed by atoms with Gasteiger partial charge >= 0.3 is 0 Å². The number of amides is 1. The molecule has 0 saturated heterocycles. The molecule has 0 aromatic heterocycles. The Morgan fingerprint density at radius 2 is 1.97 bits per heavy atom. The van der Waals surface area contributed by atoms with Crippen LogP contribution in [-0.4, -0.2) is 18.1 Å².